The minimum Gasteiger partial charge on any atom is -0.245 e. The lowest BCUT2D eigenvalue weighted by atomic mass is 9.96. The van der Waals surface area contributed by atoms with E-state index >= 15 is 0 Å². The van der Waals surface area contributed by atoms with Crippen LogP contribution in [-0.4, -0.2) is 26.5 Å². The highest BCUT2D eigenvalue weighted by Crippen LogP contribution is 2.21. The fourth-order valence-electron chi connectivity index (χ4n) is 1.75. The van der Waals surface area contributed by atoms with Crippen molar-refractivity contribution in [1.29, 1.82) is 0 Å². The molecule has 1 aliphatic rings. The average molecular weight is 253 g/mol. The van der Waals surface area contributed by atoms with Gasteiger partial charge in [0.05, 0.1) is 14.6 Å². The number of aromatic nitrogens is 2. The molecule has 0 fully saturated rings. The second-order valence-corrected chi connectivity index (χ2v) is 7.82. The monoisotopic (exact) mass is 253 g/mol. The lowest BCUT2D eigenvalue weighted by Gasteiger charge is -2.18. The lowest BCUT2D eigenvalue weighted by molar-refractivity contribution is 0.542. The van der Waals surface area contributed by atoms with Crippen LogP contribution in [0.4, 0.5) is 0 Å². The Bertz CT molecular complexity index is 508. The zero-order chi connectivity index (χ0) is 12.5. The summed E-state index contributed by atoms with van der Waals surface area (Å²) in [4.78, 5) is 9.33. The number of nitrogens with zero attached hydrogens (tertiary/aromatic N) is 3. The van der Waals surface area contributed by atoms with Crippen molar-refractivity contribution in [3.8, 4) is 0 Å². The van der Waals surface area contributed by atoms with E-state index in [9.17, 15) is 4.21 Å². The largest absolute Gasteiger partial charge is 0.245 e. The van der Waals surface area contributed by atoms with Gasteiger partial charge in [-0.15, -0.1) is 0 Å². The van der Waals surface area contributed by atoms with Gasteiger partial charge in [-0.05, 0) is 12.8 Å². The third-order valence-corrected chi connectivity index (χ3v) is 5.19. The summed E-state index contributed by atoms with van der Waals surface area (Å²) >= 11 is 0. The van der Waals surface area contributed by atoms with Crippen LogP contribution in [-0.2, 0) is 15.1 Å². The Kier molecular flexibility index (Phi) is 3.21. The Morgan fingerprint density at radius 1 is 1.18 bits per heavy atom. The summed E-state index contributed by atoms with van der Waals surface area (Å²) < 4.78 is 16.8. The summed E-state index contributed by atoms with van der Waals surface area (Å²) in [7, 11) is -2.23. The standard InChI is InChI=1S/C12H19N3OS/c1-12(2,3)11-13-8-10(9-14-11)17(16)7-5-4-6-15-17/h8-9H,4-7H2,1-3H3/t17-/m0/s1. The first kappa shape index (κ1) is 12.5. The number of hydrogen-bond acceptors (Lipinski definition) is 4. The summed E-state index contributed by atoms with van der Waals surface area (Å²) in [6.45, 7) is 6.88. The Labute approximate surface area is 103 Å². The summed E-state index contributed by atoms with van der Waals surface area (Å²) in [5.74, 6) is 1.42. The first-order valence-corrected chi connectivity index (χ1v) is 7.63. The highest BCUT2D eigenvalue weighted by Gasteiger charge is 2.20. The maximum absolute atomic E-state index is 12.5. The Hall–Kier alpha value is -0.970. The molecule has 94 valence electrons. The molecule has 0 aliphatic carbocycles. The van der Waals surface area contributed by atoms with Crippen LogP contribution in [0.15, 0.2) is 21.7 Å². The van der Waals surface area contributed by atoms with E-state index in [2.05, 4.69) is 35.1 Å². The Morgan fingerprint density at radius 3 is 2.29 bits per heavy atom. The minimum atomic E-state index is -2.23. The van der Waals surface area contributed by atoms with Crippen molar-refractivity contribution in [2.75, 3.05) is 12.3 Å². The van der Waals surface area contributed by atoms with Crippen LogP contribution in [0.2, 0.25) is 0 Å². The molecule has 1 aromatic rings. The van der Waals surface area contributed by atoms with Gasteiger partial charge in [-0.25, -0.2) is 18.5 Å². The minimum absolute atomic E-state index is 0.0758. The molecule has 1 atom stereocenters. The fraction of sp³-hybridized carbons (Fsp3) is 0.667. The zero-order valence-corrected chi connectivity index (χ0v) is 11.5. The van der Waals surface area contributed by atoms with Gasteiger partial charge in [0.1, 0.15) is 5.82 Å². The third kappa shape index (κ3) is 2.65. The van der Waals surface area contributed by atoms with Gasteiger partial charge in [-0.1, -0.05) is 20.8 Å². The molecule has 0 unspecified atom stereocenters. The first-order chi connectivity index (χ1) is 7.92. The van der Waals surface area contributed by atoms with Crippen LogP contribution in [0.25, 0.3) is 0 Å². The molecule has 0 saturated carbocycles. The highest BCUT2D eigenvalue weighted by atomic mass is 32.2. The summed E-state index contributed by atoms with van der Waals surface area (Å²) in [5, 5.41) is 0. The molecule has 5 heteroatoms. The van der Waals surface area contributed by atoms with Crippen molar-refractivity contribution >= 4 is 9.73 Å². The van der Waals surface area contributed by atoms with Crippen molar-refractivity contribution in [2.24, 2.45) is 4.36 Å². The van der Waals surface area contributed by atoms with Gasteiger partial charge in [0.25, 0.3) is 0 Å². The molecule has 0 amide bonds. The van der Waals surface area contributed by atoms with Crippen molar-refractivity contribution in [3.63, 3.8) is 0 Å². The predicted molar refractivity (Wildman–Crippen MR) is 68.5 cm³/mol. The van der Waals surface area contributed by atoms with Crippen molar-refractivity contribution < 1.29 is 4.21 Å². The molecule has 4 nitrogen and oxygen atoms in total. The molecule has 1 aromatic heterocycles. The smallest absolute Gasteiger partial charge is 0.133 e. The topological polar surface area (TPSA) is 55.2 Å². The number of rotatable bonds is 1. The second kappa shape index (κ2) is 4.37. The van der Waals surface area contributed by atoms with Crippen LogP contribution in [0.3, 0.4) is 0 Å². The van der Waals surface area contributed by atoms with Gasteiger partial charge < -0.3 is 0 Å². The van der Waals surface area contributed by atoms with Gasteiger partial charge in [0, 0.05) is 30.1 Å². The molecule has 0 saturated heterocycles. The van der Waals surface area contributed by atoms with E-state index in [1.165, 1.54) is 0 Å². The summed E-state index contributed by atoms with van der Waals surface area (Å²) in [6.07, 6.45) is 5.39. The summed E-state index contributed by atoms with van der Waals surface area (Å²) in [5.41, 5.74) is -0.0758. The SMILES string of the molecule is CC(C)(C)c1ncc([S@]2(=O)=NCCCC2)cn1. The van der Waals surface area contributed by atoms with Crippen LogP contribution < -0.4 is 0 Å². The van der Waals surface area contributed by atoms with Crippen molar-refractivity contribution in [1.82, 2.24) is 9.97 Å². The second-order valence-electron chi connectivity index (χ2n) is 5.40. The molecule has 0 spiro atoms. The highest BCUT2D eigenvalue weighted by molar-refractivity contribution is 7.93. The van der Waals surface area contributed by atoms with Crippen molar-refractivity contribution in [2.45, 2.75) is 43.9 Å². The molecule has 17 heavy (non-hydrogen) atoms. The van der Waals surface area contributed by atoms with E-state index in [1.807, 2.05) is 0 Å². The molecule has 0 bridgehead atoms. The summed E-state index contributed by atoms with van der Waals surface area (Å²) in [6, 6.07) is 0. The van der Waals surface area contributed by atoms with Crippen LogP contribution in [0, 0.1) is 0 Å². The normalized spacial score (nSPS) is 25.4. The van der Waals surface area contributed by atoms with Gasteiger partial charge in [-0.3, -0.25) is 0 Å². The van der Waals surface area contributed by atoms with E-state index < -0.39 is 9.73 Å². The lowest BCUT2D eigenvalue weighted by Crippen LogP contribution is -2.18. The zero-order valence-electron chi connectivity index (χ0n) is 10.6. The average Bonchev–Trinajstić information content (AvgIpc) is 2.29. The van der Waals surface area contributed by atoms with Crippen LogP contribution >= 0.6 is 0 Å². The van der Waals surface area contributed by atoms with E-state index in [0.717, 1.165) is 18.7 Å². The van der Waals surface area contributed by atoms with E-state index in [-0.39, 0.29) is 5.41 Å². The van der Waals surface area contributed by atoms with E-state index in [1.54, 1.807) is 12.4 Å². The quantitative estimate of drug-likeness (QED) is 0.772. The Balaban J connectivity index is 2.36. The van der Waals surface area contributed by atoms with Gasteiger partial charge in [-0.2, -0.15) is 0 Å². The van der Waals surface area contributed by atoms with Crippen LogP contribution in [0.5, 0.6) is 0 Å². The molecule has 1 aliphatic heterocycles. The Morgan fingerprint density at radius 2 is 1.82 bits per heavy atom. The maximum atomic E-state index is 12.5. The van der Waals surface area contributed by atoms with Gasteiger partial charge >= 0.3 is 0 Å². The molecule has 2 heterocycles. The molecule has 0 N–H and O–H groups in total. The maximum Gasteiger partial charge on any atom is 0.133 e. The van der Waals surface area contributed by atoms with E-state index in [0.29, 0.717) is 17.2 Å². The molecule has 2 rings (SSSR count). The van der Waals surface area contributed by atoms with Gasteiger partial charge in [0.2, 0.25) is 0 Å². The number of hydrogen-bond donors (Lipinski definition) is 0. The fourth-order valence-corrected chi connectivity index (χ4v) is 3.71. The molecular weight excluding hydrogens is 234 g/mol. The van der Waals surface area contributed by atoms with Gasteiger partial charge in [0.15, 0.2) is 0 Å². The first-order valence-electron chi connectivity index (χ1n) is 5.95. The predicted octanol–water partition coefficient (Wildman–Crippen LogP) is 2.39. The van der Waals surface area contributed by atoms with Crippen molar-refractivity contribution in [3.05, 3.63) is 18.2 Å². The molecule has 0 aromatic carbocycles. The third-order valence-electron chi connectivity index (χ3n) is 2.80. The van der Waals surface area contributed by atoms with Crippen LogP contribution in [0.1, 0.15) is 39.4 Å². The molecular formula is C12H19N3OS. The van der Waals surface area contributed by atoms with E-state index in [4.69, 9.17) is 0 Å². The molecule has 0 radical (unpaired) electrons.